The molecular weight excluding hydrogens is 252 g/mol. The van der Waals surface area contributed by atoms with Crippen LogP contribution in [0.5, 0.6) is 0 Å². The van der Waals surface area contributed by atoms with E-state index in [1.165, 1.54) is 18.4 Å². The zero-order valence-corrected chi connectivity index (χ0v) is 13.2. The van der Waals surface area contributed by atoms with Crippen molar-refractivity contribution in [2.45, 2.75) is 58.3 Å². The zero-order valence-electron chi connectivity index (χ0n) is 13.2. The molecule has 1 aromatic heterocycles. The normalized spacial score (nSPS) is 19.9. The standard InChI is InChI=1S/C16H28N2O2/c1-16(2,3)17-10-13-7-9-20-15(13)12-18(4)11-14-6-5-8-19-14/h7,9,14,17H,5-6,8,10-12H2,1-4H3. The van der Waals surface area contributed by atoms with Crippen LogP contribution in [0.15, 0.2) is 16.7 Å². The van der Waals surface area contributed by atoms with Crippen LogP contribution in [0.25, 0.3) is 0 Å². The van der Waals surface area contributed by atoms with Gasteiger partial charge in [-0.05, 0) is 46.7 Å². The van der Waals surface area contributed by atoms with E-state index in [0.717, 1.165) is 32.0 Å². The van der Waals surface area contributed by atoms with Gasteiger partial charge in [0.25, 0.3) is 0 Å². The summed E-state index contributed by atoms with van der Waals surface area (Å²) in [6, 6.07) is 2.06. The van der Waals surface area contributed by atoms with E-state index in [1.807, 2.05) is 0 Å². The summed E-state index contributed by atoms with van der Waals surface area (Å²) in [4.78, 5) is 2.29. The number of nitrogens with zero attached hydrogens (tertiary/aromatic N) is 1. The summed E-state index contributed by atoms with van der Waals surface area (Å²) >= 11 is 0. The molecule has 4 nitrogen and oxygen atoms in total. The van der Waals surface area contributed by atoms with Crippen LogP contribution in [0.2, 0.25) is 0 Å². The molecule has 0 aliphatic carbocycles. The molecular formula is C16H28N2O2. The molecule has 2 rings (SSSR count). The van der Waals surface area contributed by atoms with E-state index in [9.17, 15) is 0 Å². The van der Waals surface area contributed by atoms with Gasteiger partial charge in [0, 0.05) is 30.8 Å². The van der Waals surface area contributed by atoms with Crippen molar-refractivity contribution in [2.75, 3.05) is 20.2 Å². The van der Waals surface area contributed by atoms with Gasteiger partial charge >= 0.3 is 0 Å². The highest BCUT2D eigenvalue weighted by Gasteiger charge is 2.19. The van der Waals surface area contributed by atoms with Gasteiger partial charge < -0.3 is 14.5 Å². The van der Waals surface area contributed by atoms with Crippen LogP contribution in [0.1, 0.15) is 44.9 Å². The third kappa shape index (κ3) is 4.93. The van der Waals surface area contributed by atoms with Crippen molar-refractivity contribution in [3.63, 3.8) is 0 Å². The third-order valence-corrected chi connectivity index (χ3v) is 3.60. The molecule has 1 fully saturated rings. The summed E-state index contributed by atoms with van der Waals surface area (Å²) in [5, 5.41) is 3.51. The summed E-state index contributed by atoms with van der Waals surface area (Å²) in [6.07, 6.45) is 4.56. The first-order valence-corrected chi connectivity index (χ1v) is 7.54. The van der Waals surface area contributed by atoms with Gasteiger partial charge in [0.2, 0.25) is 0 Å². The maximum absolute atomic E-state index is 5.68. The molecule has 1 atom stereocenters. The van der Waals surface area contributed by atoms with Crippen LogP contribution in [0, 0.1) is 0 Å². The lowest BCUT2D eigenvalue weighted by molar-refractivity contribution is 0.0773. The van der Waals surface area contributed by atoms with Crippen LogP contribution in [0.4, 0.5) is 0 Å². The Bertz CT molecular complexity index is 403. The van der Waals surface area contributed by atoms with E-state index in [0.29, 0.717) is 6.10 Å². The van der Waals surface area contributed by atoms with Crippen LogP contribution in [0.3, 0.4) is 0 Å². The van der Waals surface area contributed by atoms with E-state index < -0.39 is 0 Å². The van der Waals surface area contributed by atoms with E-state index in [1.54, 1.807) is 6.26 Å². The highest BCUT2D eigenvalue weighted by Crippen LogP contribution is 2.17. The van der Waals surface area contributed by atoms with Crippen molar-refractivity contribution in [1.29, 1.82) is 0 Å². The quantitative estimate of drug-likeness (QED) is 0.869. The number of hydrogen-bond donors (Lipinski definition) is 1. The number of rotatable bonds is 6. The van der Waals surface area contributed by atoms with Crippen molar-refractivity contribution in [2.24, 2.45) is 0 Å². The molecule has 0 amide bonds. The molecule has 0 radical (unpaired) electrons. The van der Waals surface area contributed by atoms with Gasteiger partial charge in [-0.2, -0.15) is 0 Å². The van der Waals surface area contributed by atoms with Gasteiger partial charge in [-0.3, -0.25) is 4.90 Å². The van der Waals surface area contributed by atoms with E-state index in [-0.39, 0.29) is 5.54 Å². The zero-order chi connectivity index (χ0) is 14.6. The average Bonchev–Trinajstić information content (AvgIpc) is 2.97. The Labute approximate surface area is 122 Å². The molecule has 0 aromatic carbocycles. The molecule has 1 aliphatic rings. The fourth-order valence-electron chi connectivity index (χ4n) is 2.47. The lowest BCUT2D eigenvalue weighted by atomic mass is 10.1. The van der Waals surface area contributed by atoms with Crippen LogP contribution >= 0.6 is 0 Å². The molecule has 4 heteroatoms. The van der Waals surface area contributed by atoms with Crippen molar-refractivity contribution in [1.82, 2.24) is 10.2 Å². The van der Waals surface area contributed by atoms with Crippen LogP contribution in [-0.2, 0) is 17.8 Å². The molecule has 1 unspecified atom stereocenters. The predicted molar refractivity (Wildman–Crippen MR) is 80.6 cm³/mol. The maximum atomic E-state index is 5.68. The minimum atomic E-state index is 0.123. The summed E-state index contributed by atoms with van der Waals surface area (Å²) < 4.78 is 11.3. The first kappa shape index (κ1) is 15.5. The van der Waals surface area contributed by atoms with E-state index >= 15 is 0 Å². The minimum Gasteiger partial charge on any atom is -0.468 e. The van der Waals surface area contributed by atoms with Gasteiger partial charge in [-0.15, -0.1) is 0 Å². The van der Waals surface area contributed by atoms with Gasteiger partial charge in [-0.1, -0.05) is 0 Å². The Morgan fingerprint density at radius 1 is 1.40 bits per heavy atom. The van der Waals surface area contributed by atoms with Crippen LogP contribution in [-0.4, -0.2) is 36.7 Å². The van der Waals surface area contributed by atoms with Gasteiger partial charge in [0.05, 0.1) is 18.9 Å². The Morgan fingerprint density at radius 3 is 2.85 bits per heavy atom. The first-order chi connectivity index (χ1) is 9.44. The van der Waals surface area contributed by atoms with E-state index in [4.69, 9.17) is 9.15 Å². The Kier molecular flexibility index (Phi) is 5.24. The monoisotopic (exact) mass is 280 g/mol. The second kappa shape index (κ2) is 6.74. The number of likely N-dealkylation sites (N-methyl/N-ethyl adjacent to an activating group) is 1. The predicted octanol–water partition coefficient (Wildman–Crippen LogP) is 2.78. The van der Waals surface area contributed by atoms with E-state index in [2.05, 4.69) is 44.1 Å². The highest BCUT2D eigenvalue weighted by molar-refractivity contribution is 5.17. The molecule has 114 valence electrons. The van der Waals surface area contributed by atoms with Crippen molar-refractivity contribution in [3.8, 4) is 0 Å². The minimum absolute atomic E-state index is 0.123. The molecule has 0 saturated carbocycles. The summed E-state index contributed by atoms with van der Waals surface area (Å²) in [7, 11) is 2.13. The van der Waals surface area contributed by atoms with Crippen LogP contribution < -0.4 is 5.32 Å². The number of ether oxygens (including phenoxy) is 1. The van der Waals surface area contributed by atoms with Crippen molar-refractivity contribution >= 4 is 0 Å². The van der Waals surface area contributed by atoms with Gasteiger partial charge in [0.15, 0.2) is 0 Å². The average molecular weight is 280 g/mol. The summed E-state index contributed by atoms with van der Waals surface area (Å²) in [6.45, 7) is 10.1. The lowest BCUT2D eigenvalue weighted by Gasteiger charge is -2.22. The Morgan fingerprint density at radius 2 is 2.20 bits per heavy atom. The Hall–Kier alpha value is -0.840. The SMILES string of the molecule is CN(Cc1occc1CNC(C)(C)C)CC1CCCO1. The second-order valence-electron chi connectivity index (χ2n) is 6.80. The Balaban J connectivity index is 1.84. The molecule has 1 aromatic rings. The molecule has 0 spiro atoms. The van der Waals surface area contributed by atoms with Gasteiger partial charge in [0.1, 0.15) is 5.76 Å². The fraction of sp³-hybridized carbons (Fsp3) is 0.750. The topological polar surface area (TPSA) is 37.6 Å². The molecule has 1 N–H and O–H groups in total. The first-order valence-electron chi connectivity index (χ1n) is 7.54. The number of hydrogen-bond acceptors (Lipinski definition) is 4. The number of nitrogens with one attached hydrogen (secondary N) is 1. The van der Waals surface area contributed by atoms with Crippen molar-refractivity contribution in [3.05, 3.63) is 23.7 Å². The fourth-order valence-corrected chi connectivity index (χ4v) is 2.47. The molecule has 2 heterocycles. The molecule has 1 aliphatic heterocycles. The lowest BCUT2D eigenvalue weighted by Crippen LogP contribution is -2.35. The highest BCUT2D eigenvalue weighted by atomic mass is 16.5. The maximum Gasteiger partial charge on any atom is 0.122 e. The third-order valence-electron chi connectivity index (χ3n) is 3.60. The second-order valence-corrected chi connectivity index (χ2v) is 6.80. The molecule has 0 bridgehead atoms. The van der Waals surface area contributed by atoms with Crippen molar-refractivity contribution < 1.29 is 9.15 Å². The largest absolute Gasteiger partial charge is 0.468 e. The molecule has 20 heavy (non-hydrogen) atoms. The van der Waals surface area contributed by atoms with Gasteiger partial charge in [-0.25, -0.2) is 0 Å². The summed E-state index contributed by atoms with van der Waals surface area (Å²) in [5.41, 5.74) is 1.37. The summed E-state index contributed by atoms with van der Waals surface area (Å²) in [5.74, 6) is 1.06. The number of furan rings is 1. The molecule has 1 saturated heterocycles. The smallest absolute Gasteiger partial charge is 0.122 e.